The van der Waals surface area contributed by atoms with Gasteiger partial charge < -0.3 is 11.1 Å². The number of para-hydroxylation sites is 1. The van der Waals surface area contributed by atoms with Gasteiger partial charge in [0, 0.05) is 35.9 Å². The maximum absolute atomic E-state index is 5.66. The SMILES string of the molecule is Cc1ccccc1Nc1ccncc1CN. The molecule has 2 aromatic rings. The lowest BCUT2D eigenvalue weighted by atomic mass is 10.1. The first-order chi connectivity index (χ1) is 7.81. The fraction of sp³-hybridized carbons (Fsp3) is 0.154. The van der Waals surface area contributed by atoms with E-state index in [0.29, 0.717) is 6.54 Å². The highest BCUT2D eigenvalue weighted by Crippen LogP contribution is 2.22. The summed E-state index contributed by atoms with van der Waals surface area (Å²) in [6.45, 7) is 2.56. The van der Waals surface area contributed by atoms with Gasteiger partial charge in [-0.25, -0.2) is 0 Å². The molecule has 1 aromatic heterocycles. The molecule has 3 heteroatoms. The van der Waals surface area contributed by atoms with Crippen molar-refractivity contribution in [2.45, 2.75) is 13.5 Å². The largest absolute Gasteiger partial charge is 0.355 e. The predicted octanol–water partition coefficient (Wildman–Crippen LogP) is 2.59. The predicted molar refractivity (Wildman–Crippen MR) is 66.6 cm³/mol. The van der Waals surface area contributed by atoms with Crippen LogP contribution in [0.5, 0.6) is 0 Å². The van der Waals surface area contributed by atoms with E-state index in [1.54, 1.807) is 12.4 Å². The monoisotopic (exact) mass is 213 g/mol. The van der Waals surface area contributed by atoms with Crippen LogP contribution in [0.15, 0.2) is 42.7 Å². The minimum Gasteiger partial charge on any atom is -0.355 e. The lowest BCUT2D eigenvalue weighted by molar-refractivity contribution is 1.05. The van der Waals surface area contributed by atoms with Crippen molar-refractivity contribution in [3.63, 3.8) is 0 Å². The van der Waals surface area contributed by atoms with Crippen molar-refractivity contribution < 1.29 is 0 Å². The first-order valence-corrected chi connectivity index (χ1v) is 5.27. The van der Waals surface area contributed by atoms with Gasteiger partial charge in [-0.15, -0.1) is 0 Å². The van der Waals surface area contributed by atoms with Crippen molar-refractivity contribution in [1.29, 1.82) is 0 Å². The van der Waals surface area contributed by atoms with Crippen LogP contribution in [-0.4, -0.2) is 4.98 Å². The first kappa shape index (κ1) is 10.6. The van der Waals surface area contributed by atoms with Crippen LogP contribution in [0.25, 0.3) is 0 Å². The molecule has 3 N–H and O–H groups in total. The number of pyridine rings is 1. The van der Waals surface area contributed by atoms with Crippen molar-refractivity contribution in [2.75, 3.05) is 5.32 Å². The normalized spacial score (nSPS) is 10.1. The minimum absolute atomic E-state index is 0.488. The van der Waals surface area contributed by atoms with E-state index >= 15 is 0 Å². The summed E-state index contributed by atoms with van der Waals surface area (Å²) in [6.07, 6.45) is 3.56. The third kappa shape index (κ3) is 2.20. The van der Waals surface area contributed by atoms with E-state index < -0.39 is 0 Å². The Labute approximate surface area is 95.3 Å². The Kier molecular flexibility index (Phi) is 3.17. The van der Waals surface area contributed by atoms with E-state index in [-0.39, 0.29) is 0 Å². The van der Waals surface area contributed by atoms with Gasteiger partial charge in [-0.05, 0) is 24.6 Å². The molecule has 0 unspecified atom stereocenters. The Hall–Kier alpha value is -1.87. The van der Waals surface area contributed by atoms with Crippen molar-refractivity contribution in [3.05, 3.63) is 53.9 Å². The standard InChI is InChI=1S/C13H15N3/c1-10-4-2-3-5-12(10)16-13-6-7-15-9-11(13)8-14/h2-7,9H,8,14H2,1H3,(H,15,16). The Morgan fingerprint density at radius 1 is 1.19 bits per heavy atom. The van der Waals surface area contributed by atoms with Crippen LogP contribution in [-0.2, 0) is 6.54 Å². The molecule has 3 nitrogen and oxygen atoms in total. The molecule has 0 fully saturated rings. The van der Waals surface area contributed by atoms with Crippen molar-refractivity contribution in [3.8, 4) is 0 Å². The zero-order chi connectivity index (χ0) is 11.4. The number of hydrogen-bond acceptors (Lipinski definition) is 3. The quantitative estimate of drug-likeness (QED) is 0.824. The molecule has 0 aliphatic rings. The number of nitrogens with zero attached hydrogens (tertiary/aromatic N) is 1. The van der Waals surface area contributed by atoms with Gasteiger partial charge >= 0.3 is 0 Å². The minimum atomic E-state index is 0.488. The molecule has 0 aliphatic carbocycles. The smallest absolute Gasteiger partial charge is 0.0460 e. The number of hydrogen-bond donors (Lipinski definition) is 2. The maximum atomic E-state index is 5.66. The van der Waals surface area contributed by atoms with E-state index in [4.69, 9.17) is 5.73 Å². The van der Waals surface area contributed by atoms with Gasteiger partial charge in [-0.2, -0.15) is 0 Å². The van der Waals surface area contributed by atoms with Crippen LogP contribution in [0.2, 0.25) is 0 Å². The molecule has 0 atom stereocenters. The summed E-state index contributed by atoms with van der Waals surface area (Å²) < 4.78 is 0. The van der Waals surface area contributed by atoms with E-state index in [1.165, 1.54) is 5.56 Å². The molecule has 1 heterocycles. The molecule has 0 radical (unpaired) electrons. The highest BCUT2D eigenvalue weighted by atomic mass is 14.9. The second-order valence-electron chi connectivity index (χ2n) is 3.68. The van der Waals surface area contributed by atoms with Gasteiger partial charge in [0.15, 0.2) is 0 Å². The number of nitrogens with two attached hydrogens (primary N) is 1. The van der Waals surface area contributed by atoms with Gasteiger partial charge in [0.2, 0.25) is 0 Å². The zero-order valence-electron chi connectivity index (χ0n) is 9.27. The van der Waals surface area contributed by atoms with Gasteiger partial charge in [-0.3, -0.25) is 4.98 Å². The third-order valence-corrected chi connectivity index (χ3v) is 2.54. The lowest BCUT2D eigenvalue weighted by Crippen LogP contribution is -2.03. The van der Waals surface area contributed by atoms with Crippen molar-refractivity contribution in [1.82, 2.24) is 4.98 Å². The average molecular weight is 213 g/mol. The second-order valence-corrected chi connectivity index (χ2v) is 3.68. The van der Waals surface area contributed by atoms with Crippen LogP contribution in [0, 0.1) is 6.92 Å². The van der Waals surface area contributed by atoms with Crippen LogP contribution in [0.4, 0.5) is 11.4 Å². The number of rotatable bonds is 3. The molecule has 0 bridgehead atoms. The zero-order valence-corrected chi connectivity index (χ0v) is 9.27. The Balaban J connectivity index is 2.30. The fourth-order valence-electron chi connectivity index (χ4n) is 1.57. The number of aromatic nitrogens is 1. The molecule has 82 valence electrons. The molecule has 2 rings (SSSR count). The van der Waals surface area contributed by atoms with E-state index in [1.807, 2.05) is 18.2 Å². The Bertz CT molecular complexity index is 480. The first-order valence-electron chi connectivity index (χ1n) is 5.27. The lowest BCUT2D eigenvalue weighted by Gasteiger charge is -2.12. The van der Waals surface area contributed by atoms with Crippen LogP contribution < -0.4 is 11.1 Å². The van der Waals surface area contributed by atoms with Crippen LogP contribution >= 0.6 is 0 Å². The van der Waals surface area contributed by atoms with E-state index in [9.17, 15) is 0 Å². The maximum Gasteiger partial charge on any atom is 0.0460 e. The summed E-state index contributed by atoms with van der Waals surface area (Å²) in [5, 5.41) is 3.37. The second kappa shape index (κ2) is 4.77. The molecule has 1 aromatic carbocycles. The van der Waals surface area contributed by atoms with Crippen LogP contribution in [0.3, 0.4) is 0 Å². The molecule has 0 saturated carbocycles. The molecule has 0 amide bonds. The molecule has 16 heavy (non-hydrogen) atoms. The van der Waals surface area contributed by atoms with Crippen molar-refractivity contribution in [2.24, 2.45) is 5.73 Å². The number of benzene rings is 1. The van der Waals surface area contributed by atoms with Gasteiger partial charge in [0.05, 0.1) is 0 Å². The summed E-state index contributed by atoms with van der Waals surface area (Å²) in [7, 11) is 0. The summed E-state index contributed by atoms with van der Waals surface area (Å²) in [5.41, 5.74) is 10.0. The topological polar surface area (TPSA) is 50.9 Å². The molecular weight excluding hydrogens is 198 g/mol. The Morgan fingerprint density at radius 2 is 2.00 bits per heavy atom. The molecule has 0 spiro atoms. The van der Waals surface area contributed by atoms with Gasteiger partial charge in [-0.1, -0.05) is 18.2 Å². The average Bonchev–Trinajstić information content (AvgIpc) is 2.33. The number of nitrogens with one attached hydrogen (secondary N) is 1. The van der Waals surface area contributed by atoms with Gasteiger partial charge in [0.25, 0.3) is 0 Å². The summed E-state index contributed by atoms with van der Waals surface area (Å²) in [6, 6.07) is 10.1. The Morgan fingerprint density at radius 3 is 2.75 bits per heavy atom. The molecule has 0 aliphatic heterocycles. The van der Waals surface area contributed by atoms with E-state index in [0.717, 1.165) is 16.9 Å². The highest BCUT2D eigenvalue weighted by Gasteiger charge is 2.02. The van der Waals surface area contributed by atoms with Crippen molar-refractivity contribution >= 4 is 11.4 Å². The highest BCUT2D eigenvalue weighted by molar-refractivity contribution is 5.65. The summed E-state index contributed by atoms with van der Waals surface area (Å²) >= 11 is 0. The molecule has 0 saturated heterocycles. The number of aryl methyl sites for hydroxylation is 1. The van der Waals surface area contributed by atoms with Gasteiger partial charge in [0.1, 0.15) is 0 Å². The third-order valence-electron chi connectivity index (χ3n) is 2.54. The van der Waals surface area contributed by atoms with Crippen LogP contribution in [0.1, 0.15) is 11.1 Å². The fourth-order valence-corrected chi connectivity index (χ4v) is 1.57. The number of anilines is 2. The van der Waals surface area contributed by atoms with E-state index in [2.05, 4.69) is 29.4 Å². The summed E-state index contributed by atoms with van der Waals surface area (Å²) in [5.74, 6) is 0. The molecular formula is C13H15N3. The summed E-state index contributed by atoms with van der Waals surface area (Å²) in [4.78, 5) is 4.06.